The highest BCUT2D eigenvalue weighted by molar-refractivity contribution is 5.83. The maximum atomic E-state index is 11.0. The number of nitrogens with zero attached hydrogens (tertiary/aromatic N) is 1. The van der Waals surface area contributed by atoms with E-state index in [1.807, 2.05) is 18.2 Å². The van der Waals surface area contributed by atoms with Gasteiger partial charge < -0.3 is 5.11 Å². The molecule has 3 rings (SSSR count). The maximum absolute atomic E-state index is 11.0. The molecule has 0 saturated heterocycles. The van der Waals surface area contributed by atoms with Crippen LogP contribution in [0.3, 0.4) is 0 Å². The molecule has 1 aliphatic carbocycles. The van der Waals surface area contributed by atoms with Gasteiger partial charge >= 0.3 is 0 Å². The van der Waals surface area contributed by atoms with Crippen LogP contribution in [0.5, 0.6) is 0 Å². The normalized spacial score (nSPS) is 26.4. The van der Waals surface area contributed by atoms with Gasteiger partial charge in [-0.05, 0) is 41.7 Å². The Hall–Kier alpha value is -1.85. The maximum Gasteiger partial charge on any atom is 0.0934 e. The van der Waals surface area contributed by atoms with E-state index in [0.29, 0.717) is 6.42 Å². The van der Waals surface area contributed by atoms with Gasteiger partial charge in [-0.25, -0.2) is 0 Å². The molecule has 19 heavy (non-hydrogen) atoms. The minimum Gasteiger partial charge on any atom is -0.385 e. The molecule has 0 heterocycles. The molecule has 2 nitrogen and oxygen atoms in total. The van der Waals surface area contributed by atoms with E-state index in [1.54, 1.807) is 0 Å². The Balaban J connectivity index is 2.05. The minimum absolute atomic E-state index is 0.0682. The third-order valence-electron chi connectivity index (χ3n) is 4.37. The van der Waals surface area contributed by atoms with E-state index < -0.39 is 5.60 Å². The molecule has 96 valence electrons. The molecule has 0 amide bonds. The van der Waals surface area contributed by atoms with Crippen molar-refractivity contribution >= 4 is 10.8 Å². The van der Waals surface area contributed by atoms with Crippen LogP contribution in [-0.2, 0) is 5.60 Å². The van der Waals surface area contributed by atoms with Crippen LogP contribution in [0.25, 0.3) is 10.8 Å². The number of rotatable bonds is 2. The molecular formula is C17H17NO. The van der Waals surface area contributed by atoms with E-state index in [-0.39, 0.29) is 5.92 Å². The Labute approximate surface area is 113 Å². The Kier molecular flexibility index (Phi) is 3.00. The van der Waals surface area contributed by atoms with E-state index in [0.717, 1.165) is 30.2 Å². The number of benzene rings is 2. The smallest absolute Gasteiger partial charge is 0.0934 e. The zero-order chi connectivity index (χ0) is 13.3. The lowest BCUT2D eigenvalue weighted by Crippen LogP contribution is -2.29. The van der Waals surface area contributed by atoms with Gasteiger partial charge in [-0.1, -0.05) is 36.4 Å². The van der Waals surface area contributed by atoms with Gasteiger partial charge in [0, 0.05) is 12.3 Å². The molecule has 2 heteroatoms. The minimum atomic E-state index is -0.820. The molecule has 2 aromatic rings. The third kappa shape index (κ3) is 2.01. The van der Waals surface area contributed by atoms with Crippen molar-refractivity contribution in [3.8, 4) is 6.07 Å². The summed E-state index contributed by atoms with van der Waals surface area (Å²) in [5.41, 5.74) is 0.142. The van der Waals surface area contributed by atoms with Crippen LogP contribution in [-0.4, -0.2) is 5.11 Å². The summed E-state index contributed by atoms with van der Waals surface area (Å²) < 4.78 is 0. The molecular weight excluding hydrogens is 234 g/mol. The van der Waals surface area contributed by atoms with E-state index in [4.69, 9.17) is 5.26 Å². The summed E-state index contributed by atoms with van der Waals surface area (Å²) in [7, 11) is 0. The zero-order valence-electron chi connectivity index (χ0n) is 10.8. The molecule has 0 aromatic heterocycles. The molecule has 0 bridgehead atoms. The van der Waals surface area contributed by atoms with E-state index in [1.165, 1.54) is 5.39 Å². The van der Waals surface area contributed by atoms with Crippen LogP contribution >= 0.6 is 0 Å². The third-order valence-corrected chi connectivity index (χ3v) is 4.37. The lowest BCUT2D eigenvalue weighted by molar-refractivity contribution is -0.000678. The quantitative estimate of drug-likeness (QED) is 0.883. The van der Waals surface area contributed by atoms with Crippen LogP contribution in [0.1, 0.15) is 31.2 Å². The molecule has 2 atom stereocenters. The Bertz CT molecular complexity index is 643. The topological polar surface area (TPSA) is 44.0 Å². The predicted octanol–water partition coefficient (Wildman–Crippen LogP) is 3.74. The molecule has 1 aliphatic rings. The van der Waals surface area contributed by atoms with E-state index in [2.05, 4.69) is 30.3 Å². The molecule has 1 fully saturated rings. The fourth-order valence-electron chi connectivity index (χ4n) is 3.28. The van der Waals surface area contributed by atoms with E-state index in [9.17, 15) is 5.11 Å². The highest BCUT2D eigenvalue weighted by atomic mass is 16.3. The highest BCUT2D eigenvalue weighted by Gasteiger charge is 2.42. The summed E-state index contributed by atoms with van der Waals surface area (Å²) in [6, 6.07) is 16.5. The first-order chi connectivity index (χ1) is 9.24. The van der Waals surface area contributed by atoms with Crippen molar-refractivity contribution < 1.29 is 5.11 Å². The lowest BCUT2D eigenvalue weighted by atomic mass is 9.81. The average Bonchev–Trinajstić information content (AvgIpc) is 2.81. The van der Waals surface area contributed by atoms with Gasteiger partial charge in [0.1, 0.15) is 0 Å². The van der Waals surface area contributed by atoms with Crippen molar-refractivity contribution in [2.75, 3.05) is 0 Å². The standard InChI is InChI=1S/C17H17NO/c18-11-9-15-6-3-10-17(15,19)16-8-7-13-4-1-2-5-14(13)12-16/h1-2,4-5,7-8,12,15,19H,3,6,9-10H2/t15-,17+/m1/s1. The second kappa shape index (κ2) is 4.68. The summed E-state index contributed by atoms with van der Waals surface area (Å²) in [6.45, 7) is 0. The summed E-state index contributed by atoms with van der Waals surface area (Å²) in [4.78, 5) is 0. The first-order valence-electron chi connectivity index (χ1n) is 6.82. The molecule has 2 aromatic carbocycles. The zero-order valence-corrected chi connectivity index (χ0v) is 10.8. The fourth-order valence-corrected chi connectivity index (χ4v) is 3.28. The molecule has 0 spiro atoms. The summed E-state index contributed by atoms with van der Waals surface area (Å²) in [5.74, 6) is 0.0682. The Morgan fingerprint density at radius 2 is 2.00 bits per heavy atom. The predicted molar refractivity (Wildman–Crippen MR) is 75.4 cm³/mol. The molecule has 1 N–H and O–H groups in total. The van der Waals surface area contributed by atoms with Gasteiger partial charge in [0.2, 0.25) is 0 Å². The first kappa shape index (κ1) is 12.2. The van der Waals surface area contributed by atoms with Crippen molar-refractivity contribution in [2.45, 2.75) is 31.3 Å². The number of hydrogen-bond acceptors (Lipinski definition) is 2. The molecule has 1 saturated carbocycles. The van der Waals surface area contributed by atoms with Crippen molar-refractivity contribution in [2.24, 2.45) is 5.92 Å². The van der Waals surface area contributed by atoms with Crippen molar-refractivity contribution in [1.82, 2.24) is 0 Å². The lowest BCUT2D eigenvalue weighted by Gasteiger charge is -2.29. The van der Waals surface area contributed by atoms with Crippen LogP contribution in [0.4, 0.5) is 0 Å². The second-order valence-electron chi connectivity index (χ2n) is 5.44. The number of fused-ring (bicyclic) bond motifs is 1. The second-order valence-corrected chi connectivity index (χ2v) is 5.44. The van der Waals surface area contributed by atoms with Gasteiger partial charge in [-0.3, -0.25) is 0 Å². The van der Waals surface area contributed by atoms with Gasteiger partial charge in [0.05, 0.1) is 11.7 Å². The van der Waals surface area contributed by atoms with Gasteiger partial charge in [-0.15, -0.1) is 0 Å². The van der Waals surface area contributed by atoms with Crippen LogP contribution in [0, 0.1) is 17.2 Å². The van der Waals surface area contributed by atoms with E-state index >= 15 is 0 Å². The monoisotopic (exact) mass is 251 g/mol. The number of nitriles is 1. The summed E-state index contributed by atoms with van der Waals surface area (Å²) in [6.07, 6.45) is 3.13. The van der Waals surface area contributed by atoms with Crippen LogP contribution < -0.4 is 0 Å². The summed E-state index contributed by atoms with van der Waals surface area (Å²) in [5, 5.41) is 22.2. The van der Waals surface area contributed by atoms with Crippen molar-refractivity contribution in [3.05, 3.63) is 48.0 Å². The highest BCUT2D eigenvalue weighted by Crippen LogP contribution is 2.45. The number of hydrogen-bond donors (Lipinski definition) is 1. The van der Waals surface area contributed by atoms with Crippen molar-refractivity contribution in [1.29, 1.82) is 5.26 Å². The summed E-state index contributed by atoms with van der Waals surface area (Å²) >= 11 is 0. The van der Waals surface area contributed by atoms with Gasteiger partial charge in [0.15, 0.2) is 0 Å². The van der Waals surface area contributed by atoms with Gasteiger partial charge in [0.25, 0.3) is 0 Å². The van der Waals surface area contributed by atoms with Crippen LogP contribution in [0.15, 0.2) is 42.5 Å². The van der Waals surface area contributed by atoms with Crippen molar-refractivity contribution in [3.63, 3.8) is 0 Å². The number of aliphatic hydroxyl groups is 1. The molecule has 0 unspecified atom stereocenters. The van der Waals surface area contributed by atoms with Gasteiger partial charge in [-0.2, -0.15) is 5.26 Å². The molecule has 0 radical (unpaired) electrons. The average molecular weight is 251 g/mol. The van der Waals surface area contributed by atoms with Crippen LogP contribution in [0.2, 0.25) is 0 Å². The Morgan fingerprint density at radius 3 is 2.79 bits per heavy atom. The molecule has 0 aliphatic heterocycles. The first-order valence-corrected chi connectivity index (χ1v) is 6.82. The SMILES string of the molecule is N#CC[C@H]1CCC[C@@]1(O)c1ccc2ccccc2c1. The largest absolute Gasteiger partial charge is 0.385 e. The fraction of sp³-hybridized carbons (Fsp3) is 0.353. The Morgan fingerprint density at radius 1 is 1.21 bits per heavy atom.